The van der Waals surface area contributed by atoms with Crippen LogP contribution in [0, 0.1) is 0 Å². The Labute approximate surface area is 170 Å². The zero-order chi connectivity index (χ0) is 19.9. The van der Waals surface area contributed by atoms with Gasteiger partial charge in [-0.15, -0.1) is 0 Å². The molecule has 2 aromatic carbocycles. The maximum absolute atomic E-state index is 11.8. The minimum atomic E-state index is -0.439. The first kappa shape index (κ1) is 19.6. The summed E-state index contributed by atoms with van der Waals surface area (Å²) in [5.74, 6) is -0.0788. The van der Waals surface area contributed by atoms with E-state index in [0.717, 1.165) is 5.56 Å². The summed E-state index contributed by atoms with van der Waals surface area (Å²) in [5.41, 5.74) is 3.62. The van der Waals surface area contributed by atoms with Crippen LogP contribution in [0.4, 0.5) is 0 Å². The van der Waals surface area contributed by atoms with E-state index in [2.05, 4.69) is 15.8 Å². The number of nitrogens with zero attached hydrogens (tertiary/aromatic N) is 1. The predicted octanol–water partition coefficient (Wildman–Crippen LogP) is 2.41. The van der Waals surface area contributed by atoms with Crippen molar-refractivity contribution in [2.24, 2.45) is 5.10 Å². The van der Waals surface area contributed by atoms with Gasteiger partial charge in [-0.2, -0.15) is 5.10 Å². The van der Waals surface area contributed by atoms with Crippen LogP contribution in [-0.2, 0) is 9.59 Å². The third-order valence-corrected chi connectivity index (χ3v) is 4.68. The lowest BCUT2D eigenvalue weighted by molar-refractivity contribution is -0.123. The van der Waals surface area contributed by atoms with Crippen LogP contribution in [-0.4, -0.2) is 34.1 Å². The van der Waals surface area contributed by atoms with Gasteiger partial charge < -0.3 is 15.2 Å². The fourth-order valence-electron chi connectivity index (χ4n) is 2.18. The lowest BCUT2D eigenvalue weighted by Gasteiger charge is -2.05. The number of nitrogens with one attached hydrogen (secondary N) is 2. The number of benzene rings is 2. The second kappa shape index (κ2) is 9.16. The van der Waals surface area contributed by atoms with E-state index in [4.69, 9.17) is 17.0 Å². The molecule has 1 aliphatic heterocycles. The summed E-state index contributed by atoms with van der Waals surface area (Å²) in [5, 5.41) is 15.9. The Morgan fingerprint density at radius 2 is 2.00 bits per heavy atom. The molecule has 7 nitrogen and oxygen atoms in total. The van der Waals surface area contributed by atoms with Crippen LogP contribution in [0.25, 0.3) is 6.08 Å². The number of hydrogen-bond acceptors (Lipinski definition) is 7. The van der Waals surface area contributed by atoms with E-state index in [1.807, 2.05) is 0 Å². The van der Waals surface area contributed by atoms with Crippen molar-refractivity contribution < 1.29 is 19.4 Å². The number of para-hydroxylation sites is 1. The van der Waals surface area contributed by atoms with Crippen molar-refractivity contribution in [3.05, 3.63) is 64.6 Å². The van der Waals surface area contributed by atoms with Crippen LogP contribution in [0.5, 0.6) is 11.5 Å². The Kier molecular flexibility index (Phi) is 6.41. The van der Waals surface area contributed by atoms with E-state index in [0.29, 0.717) is 20.5 Å². The number of thiocarbonyl (C=S) groups is 1. The van der Waals surface area contributed by atoms with Gasteiger partial charge in [0.1, 0.15) is 15.8 Å². The van der Waals surface area contributed by atoms with Crippen molar-refractivity contribution >= 4 is 52.4 Å². The van der Waals surface area contributed by atoms with E-state index in [-0.39, 0.29) is 18.3 Å². The van der Waals surface area contributed by atoms with Crippen LogP contribution < -0.4 is 15.5 Å². The van der Waals surface area contributed by atoms with Gasteiger partial charge in [-0.25, -0.2) is 5.43 Å². The molecule has 2 aromatic rings. The SMILES string of the molecule is O=C(COc1ccc(/C=C2/SC(=S)NC2=O)cc1)N/N=C/c1ccccc1O. The lowest BCUT2D eigenvalue weighted by Crippen LogP contribution is -2.24. The number of phenolic OH excluding ortho intramolecular Hbond substituents is 1. The fourth-order valence-corrected chi connectivity index (χ4v) is 3.23. The molecule has 0 spiro atoms. The van der Waals surface area contributed by atoms with Crippen LogP contribution in [0.2, 0.25) is 0 Å². The van der Waals surface area contributed by atoms with Crippen LogP contribution in [0.15, 0.2) is 58.5 Å². The molecule has 1 heterocycles. The molecule has 0 atom stereocenters. The standard InChI is InChI=1S/C19H15N3O4S2/c23-15-4-2-1-3-13(15)10-20-22-17(24)11-26-14-7-5-12(6-8-14)9-16-18(25)21-19(27)28-16/h1-10,23H,11H2,(H,22,24)(H,21,25,27)/b16-9+,20-10+. The molecule has 3 N–H and O–H groups in total. The Morgan fingerprint density at radius 1 is 1.25 bits per heavy atom. The van der Waals surface area contributed by atoms with Gasteiger partial charge in [-0.3, -0.25) is 9.59 Å². The highest BCUT2D eigenvalue weighted by Crippen LogP contribution is 2.26. The Hall–Kier alpha value is -3.17. The number of carbonyl (C=O) groups excluding carboxylic acids is 2. The molecule has 9 heteroatoms. The molecule has 28 heavy (non-hydrogen) atoms. The largest absolute Gasteiger partial charge is 0.507 e. The minimum absolute atomic E-state index is 0.0714. The second-order valence-corrected chi connectivity index (χ2v) is 7.28. The zero-order valence-corrected chi connectivity index (χ0v) is 16.0. The highest BCUT2D eigenvalue weighted by molar-refractivity contribution is 8.26. The predicted molar refractivity (Wildman–Crippen MR) is 112 cm³/mol. The van der Waals surface area contributed by atoms with E-state index in [1.165, 1.54) is 24.0 Å². The molecule has 0 radical (unpaired) electrons. The topological polar surface area (TPSA) is 100 Å². The second-order valence-electron chi connectivity index (χ2n) is 5.56. The Bertz CT molecular complexity index is 971. The number of carbonyl (C=O) groups is 2. The molecule has 1 fully saturated rings. The average molecular weight is 413 g/mol. The van der Waals surface area contributed by atoms with Gasteiger partial charge in [0.05, 0.1) is 11.1 Å². The molecule has 142 valence electrons. The quantitative estimate of drug-likeness (QED) is 0.291. The van der Waals surface area contributed by atoms with Crippen molar-refractivity contribution in [1.82, 2.24) is 10.7 Å². The molecule has 0 aromatic heterocycles. The molecular weight excluding hydrogens is 398 g/mol. The molecule has 3 rings (SSSR count). The normalized spacial score (nSPS) is 15.1. The summed E-state index contributed by atoms with van der Waals surface area (Å²) in [4.78, 5) is 23.9. The number of ether oxygens (including phenoxy) is 1. The Morgan fingerprint density at radius 3 is 2.68 bits per heavy atom. The molecule has 0 unspecified atom stereocenters. The molecule has 0 aliphatic carbocycles. The van der Waals surface area contributed by atoms with E-state index < -0.39 is 5.91 Å². The third-order valence-electron chi connectivity index (χ3n) is 3.52. The maximum Gasteiger partial charge on any atom is 0.277 e. The minimum Gasteiger partial charge on any atom is -0.507 e. The molecule has 0 bridgehead atoms. The number of aromatic hydroxyl groups is 1. The number of hydrogen-bond donors (Lipinski definition) is 3. The highest BCUT2D eigenvalue weighted by Gasteiger charge is 2.21. The van der Waals surface area contributed by atoms with Crippen LogP contribution in [0.1, 0.15) is 11.1 Å². The highest BCUT2D eigenvalue weighted by atomic mass is 32.2. The van der Waals surface area contributed by atoms with E-state index in [9.17, 15) is 14.7 Å². The van der Waals surface area contributed by atoms with Gasteiger partial charge >= 0.3 is 0 Å². The summed E-state index contributed by atoms with van der Waals surface area (Å²) < 4.78 is 5.83. The lowest BCUT2D eigenvalue weighted by atomic mass is 10.2. The van der Waals surface area contributed by atoms with Gasteiger partial charge in [0.2, 0.25) is 0 Å². The fraction of sp³-hybridized carbons (Fsp3) is 0.0526. The third kappa shape index (κ3) is 5.41. The van der Waals surface area contributed by atoms with Crippen LogP contribution in [0.3, 0.4) is 0 Å². The number of phenols is 1. The first-order valence-electron chi connectivity index (χ1n) is 8.09. The molecule has 1 saturated heterocycles. The smallest absolute Gasteiger partial charge is 0.277 e. The molecular formula is C19H15N3O4S2. The van der Waals surface area contributed by atoms with Gasteiger partial charge in [-0.1, -0.05) is 48.2 Å². The molecule has 0 saturated carbocycles. The van der Waals surface area contributed by atoms with Crippen molar-refractivity contribution in [3.63, 3.8) is 0 Å². The summed E-state index contributed by atoms with van der Waals surface area (Å²) in [6.45, 7) is -0.217. The average Bonchev–Trinajstić information content (AvgIpc) is 2.99. The van der Waals surface area contributed by atoms with Gasteiger partial charge in [0.15, 0.2) is 6.61 Å². The summed E-state index contributed by atoms with van der Waals surface area (Å²) >= 11 is 6.16. The summed E-state index contributed by atoms with van der Waals surface area (Å²) in [6, 6.07) is 13.6. The summed E-state index contributed by atoms with van der Waals surface area (Å²) in [7, 11) is 0. The van der Waals surface area contributed by atoms with Crippen LogP contribution >= 0.6 is 24.0 Å². The van der Waals surface area contributed by atoms with Gasteiger partial charge in [0, 0.05) is 5.56 Å². The monoisotopic (exact) mass is 413 g/mol. The summed E-state index contributed by atoms with van der Waals surface area (Å²) in [6.07, 6.45) is 3.07. The molecule has 2 amide bonds. The van der Waals surface area contributed by atoms with Crippen molar-refractivity contribution in [1.29, 1.82) is 0 Å². The first-order chi connectivity index (χ1) is 13.5. The van der Waals surface area contributed by atoms with E-state index in [1.54, 1.807) is 48.5 Å². The Balaban J connectivity index is 1.49. The van der Waals surface area contributed by atoms with E-state index >= 15 is 0 Å². The van der Waals surface area contributed by atoms with Gasteiger partial charge in [0.25, 0.3) is 11.8 Å². The number of thioether (sulfide) groups is 1. The maximum atomic E-state index is 11.8. The van der Waals surface area contributed by atoms with Crippen molar-refractivity contribution in [2.45, 2.75) is 0 Å². The van der Waals surface area contributed by atoms with Crippen molar-refractivity contribution in [2.75, 3.05) is 6.61 Å². The van der Waals surface area contributed by atoms with Gasteiger partial charge in [-0.05, 0) is 35.9 Å². The van der Waals surface area contributed by atoms with Crippen molar-refractivity contribution in [3.8, 4) is 11.5 Å². The first-order valence-corrected chi connectivity index (χ1v) is 9.31. The number of hydrazone groups is 1. The number of amides is 2. The zero-order valence-electron chi connectivity index (χ0n) is 14.4. The molecule has 1 aliphatic rings. The number of rotatable bonds is 6.